The van der Waals surface area contributed by atoms with Crippen LogP contribution in [0.25, 0.3) is 0 Å². The Kier molecular flexibility index (Phi) is 47.8. The molecule has 0 aliphatic rings. The van der Waals surface area contributed by atoms with Gasteiger partial charge in [-0.3, -0.25) is 14.4 Å². The van der Waals surface area contributed by atoms with Crippen LogP contribution in [0, 0.1) is 0 Å². The summed E-state index contributed by atoms with van der Waals surface area (Å²) in [6.45, 7) is 6.62. The zero-order valence-corrected chi connectivity index (χ0v) is 40.2. The van der Waals surface area contributed by atoms with Gasteiger partial charge in [-0.15, -0.1) is 0 Å². The van der Waals surface area contributed by atoms with Gasteiger partial charge in [-0.25, -0.2) is 0 Å². The molecule has 0 aromatic heterocycles. The van der Waals surface area contributed by atoms with Gasteiger partial charge < -0.3 is 14.2 Å². The van der Waals surface area contributed by atoms with Crippen molar-refractivity contribution in [2.75, 3.05) is 13.2 Å². The van der Waals surface area contributed by atoms with Gasteiger partial charge in [0.1, 0.15) is 13.2 Å². The topological polar surface area (TPSA) is 78.9 Å². The minimum absolute atomic E-state index is 0.0737. The molecule has 0 bridgehead atoms. The number of allylic oxidation sites excluding steroid dienone is 4. The molecule has 0 spiro atoms. The molecule has 0 aromatic rings. The average Bonchev–Trinajstić information content (AvgIpc) is 3.24. The number of carbonyl (C=O) groups is 3. The quantitative estimate of drug-likeness (QED) is 0.0263. The maximum Gasteiger partial charge on any atom is 0.306 e. The number of carbonyl (C=O) groups excluding carboxylic acids is 3. The Morgan fingerprint density at radius 2 is 0.550 bits per heavy atom. The van der Waals surface area contributed by atoms with Crippen LogP contribution in [0.5, 0.6) is 0 Å². The molecule has 60 heavy (non-hydrogen) atoms. The molecule has 352 valence electrons. The highest BCUT2D eigenvalue weighted by Crippen LogP contribution is 2.15. The van der Waals surface area contributed by atoms with Gasteiger partial charge in [0.05, 0.1) is 0 Å². The first-order valence-electron chi connectivity index (χ1n) is 26.3. The number of unbranched alkanes of at least 4 members (excludes halogenated alkanes) is 33. The van der Waals surface area contributed by atoms with Crippen molar-refractivity contribution in [2.45, 2.75) is 290 Å². The Morgan fingerprint density at radius 3 is 0.867 bits per heavy atom. The van der Waals surface area contributed by atoms with Crippen molar-refractivity contribution in [3.63, 3.8) is 0 Å². The van der Waals surface area contributed by atoms with Crippen LogP contribution in [-0.2, 0) is 28.6 Å². The molecular formula is C54H100O6. The fourth-order valence-electron chi connectivity index (χ4n) is 7.67. The van der Waals surface area contributed by atoms with Crippen LogP contribution in [0.2, 0.25) is 0 Å². The SMILES string of the molecule is CCCCC/C=C\CCCCCCCC(=O)OC(COC(=O)CCCCCCC/C=C\CCCCCCCCCCC)COC(=O)CCCCCCCCCCCCCC. The minimum atomic E-state index is -0.773. The van der Waals surface area contributed by atoms with Gasteiger partial charge >= 0.3 is 17.9 Å². The fraction of sp³-hybridized carbons (Fsp3) is 0.870. The minimum Gasteiger partial charge on any atom is -0.462 e. The lowest BCUT2D eigenvalue weighted by Gasteiger charge is -2.18. The number of esters is 3. The summed E-state index contributed by atoms with van der Waals surface area (Å²) in [5.41, 5.74) is 0. The summed E-state index contributed by atoms with van der Waals surface area (Å²) in [5.74, 6) is -0.880. The summed E-state index contributed by atoms with van der Waals surface area (Å²) < 4.78 is 16.8. The van der Waals surface area contributed by atoms with Crippen LogP contribution in [-0.4, -0.2) is 37.2 Å². The predicted octanol–water partition coefficient (Wildman–Crippen LogP) is 17.2. The molecule has 6 heteroatoms. The van der Waals surface area contributed by atoms with Crippen molar-refractivity contribution in [1.82, 2.24) is 0 Å². The zero-order valence-electron chi connectivity index (χ0n) is 40.2. The maximum atomic E-state index is 12.8. The van der Waals surface area contributed by atoms with Crippen molar-refractivity contribution in [3.8, 4) is 0 Å². The largest absolute Gasteiger partial charge is 0.462 e. The molecule has 0 fully saturated rings. The first-order valence-corrected chi connectivity index (χ1v) is 26.3. The number of hydrogen-bond donors (Lipinski definition) is 0. The van der Waals surface area contributed by atoms with Crippen molar-refractivity contribution < 1.29 is 28.6 Å². The second kappa shape index (κ2) is 49.5. The molecule has 0 aliphatic heterocycles. The third-order valence-electron chi connectivity index (χ3n) is 11.7. The second-order valence-electron chi connectivity index (χ2n) is 17.8. The van der Waals surface area contributed by atoms with E-state index in [1.54, 1.807) is 0 Å². The zero-order chi connectivity index (χ0) is 43.7. The highest BCUT2D eigenvalue weighted by molar-refractivity contribution is 5.71. The van der Waals surface area contributed by atoms with Gasteiger partial charge in [0.2, 0.25) is 0 Å². The molecule has 0 heterocycles. The molecule has 6 nitrogen and oxygen atoms in total. The molecule has 0 saturated heterocycles. The smallest absolute Gasteiger partial charge is 0.306 e. The average molecular weight is 845 g/mol. The molecule has 1 unspecified atom stereocenters. The summed E-state index contributed by atoms with van der Waals surface area (Å²) in [5, 5.41) is 0. The van der Waals surface area contributed by atoms with Crippen LogP contribution >= 0.6 is 0 Å². The predicted molar refractivity (Wildman–Crippen MR) is 256 cm³/mol. The van der Waals surface area contributed by atoms with E-state index in [-0.39, 0.29) is 31.1 Å². The normalized spacial score (nSPS) is 12.1. The summed E-state index contributed by atoms with van der Waals surface area (Å²) in [6.07, 6.45) is 55.9. The number of rotatable bonds is 48. The van der Waals surface area contributed by atoms with Crippen LogP contribution < -0.4 is 0 Å². The number of hydrogen-bond acceptors (Lipinski definition) is 6. The van der Waals surface area contributed by atoms with Gasteiger partial charge in [0, 0.05) is 19.3 Å². The van der Waals surface area contributed by atoms with E-state index >= 15 is 0 Å². The fourth-order valence-corrected chi connectivity index (χ4v) is 7.67. The van der Waals surface area contributed by atoms with Crippen LogP contribution in [0.4, 0.5) is 0 Å². The molecule has 0 N–H and O–H groups in total. The molecule has 1 atom stereocenters. The second-order valence-corrected chi connectivity index (χ2v) is 17.8. The van der Waals surface area contributed by atoms with Gasteiger partial charge in [0.15, 0.2) is 6.10 Å². The first kappa shape index (κ1) is 57.9. The lowest BCUT2D eigenvalue weighted by Crippen LogP contribution is -2.30. The monoisotopic (exact) mass is 845 g/mol. The Bertz CT molecular complexity index is 973. The van der Waals surface area contributed by atoms with E-state index in [1.807, 2.05) is 0 Å². The summed E-state index contributed by atoms with van der Waals surface area (Å²) >= 11 is 0. The van der Waals surface area contributed by atoms with Gasteiger partial charge in [0.25, 0.3) is 0 Å². The molecule has 0 radical (unpaired) electrons. The first-order chi connectivity index (χ1) is 29.5. The van der Waals surface area contributed by atoms with Crippen LogP contribution in [0.15, 0.2) is 24.3 Å². The Morgan fingerprint density at radius 1 is 0.317 bits per heavy atom. The Labute approximate surface area is 373 Å². The standard InChI is InChI=1S/C54H100O6/c1-4-7-10-13-16-19-22-25-26-27-28-29-30-33-35-38-41-44-47-53(56)59-50-51(60-54(57)48-45-42-39-36-32-24-21-18-15-12-9-6-3)49-58-52(55)46-43-40-37-34-31-23-20-17-14-11-8-5-2/h18,21,28-29,51H,4-17,19-20,22-27,30-50H2,1-3H3/b21-18-,29-28-. The van der Waals surface area contributed by atoms with E-state index in [9.17, 15) is 14.4 Å². The van der Waals surface area contributed by atoms with Crippen molar-refractivity contribution in [1.29, 1.82) is 0 Å². The molecule has 0 aliphatic carbocycles. The third kappa shape index (κ3) is 46.9. The van der Waals surface area contributed by atoms with E-state index < -0.39 is 6.10 Å². The van der Waals surface area contributed by atoms with Crippen molar-refractivity contribution in [3.05, 3.63) is 24.3 Å². The third-order valence-corrected chi connectivity index (χ3v) is 11.7. The van der Waals surface area contributed by atoms with Crippen LogP contribution in [0.1, 0.15) is 284 Å². The maximum absolute atomic E-state index is 12.8. The lowest BCUT2D eigenvalue weighted by molar-refractivity contribution is -0.167. The van der Waals surface area contributed by atoms with Crippen molar-refractivity contribution in [2.24, 2.45) is 0 Å². The van der Waals surface area contributed by atoms with E-state index in [1.165, 1.54) is 173 Å². The highest BCUT2D eigenvalue weighted by Gasteiger charge is 2.19. The summed E-state index contributed by atoms with van der Waals surface area (Å²) in [7, 11) is 0. The van der Waals surface area contributed by atoms with E-state index in [4.69, 9.17) is 14.2 Å². The molecule has 0 amide bonds. The molecular weight excluding hydrogens is 745 g/mol. The van der Waals surface area contributed by atoms with Gasteiger partial charge in [-0.1, -0.05) is 218 Å². The summed E-state index contributed by atoms with van der Waals surface area (Å²) in [4.78, 5) is 37.9. The van der Waals surface area contributed by atoms with E-state index in [2.05, 4.69) is 45.1 Å². The van der Waals surface area contributed by atoms with Crippen molar-refractivity contribution >= 4 is 17.9 Å². The van der Waals surface area contributed by atoms with Gasteiger partial charge in [-0.05, 0) is 70.6 Å². The Balaban J connectivity index is 4.32. The molecule has 0 aromatic carbocycles. The lowest BCUT2D eigenvalue weighted by atomic mass is 10.0. The van der Waals surface area contributed by atoms with Crippen LogP contribution in [0.3, 0.4) is 0 Å². The van der Waals surface area contributed by atoms with Gasteiger partial charge in [-0.2, -0.15) is 0 Å². The molecule has 0 rings (SSSR count). The highest BCUT2D eigenvalue weighted by atomic mass is 16.6. The van der Waals surface area contributed by atoms with E-state index in [0.29, 0.717) is 19.3 Å². The summed E-state index contributed by atoms with van der Waals surface area (Å²) in [6, 6.07) is 0. The Hall–Kier alpha value is -2.11. The van der Waals surface area contributed by atoms with E-state index in [0.717, 1.165) is 70.6 Å². The molecule has 0 saturated carbocycles. The number of ether oxygens (including phenoxy) is 3.